The summed E-state index contributed by atoms with van der Waals surface area (Å²) < 4.78 is 10.6. The Labute approximate surface area is 155 Å². The van der Waals surface area contributed by atoms with E-state index in [9.17, 15) is 14.7 Å². The van der Waals surface area contributed by atoms with Crippen LogP contribution < -0.4 is 5.32 Å². The molecule has 3 rings (SSSR count). The Hall–Kier alpha value is -3.61. The van der Waals surface area contributed by atoms with E-state index in [2.05, 4.69) is 10.5 Å². The first-order valence-corrected chi connectivity index (χ1v) is 8.29. The van der Waals surface area contributed by atoms with E-state index < -0.39 is 18.2 Å². The molecule has 7 nitrogen and oxygen atoms in total. The van der Waals surface area contributed by atoms with E-state index in [0.29, 0.717) is 16.8 Å². The number of carboxylic acids is 1. The van der Waals surface area contributed by atoms with Gasteiger partial charge in [0.15, 0.2) is 0 Å². The van der Waals surface area contributed by atoms with E-state index in [1.807, 2.05) is 30.3 Å². The Bertz CT molecular complexity index is 966. The highest BCUT2D eigenvalue weighted by molar-refractivity contribution is 5.99. The summed E-state index contributed by atoms with van der Waals surface area (Å²) in [6, 6.07) is 15.7. The van der Waals surface area contributed by atoms with Crippen LogP contribution in [-0.4, -0.2) is 22.3 Å². The molecule has 0 fully saturated rings. The normalized spacial score (nSPS) is 11.6. The van der Waals surface area contributed by atoms with Gasteiger partial charge in [-0.1, -0.05) is 53.7 Å². The van der Waals surface area contributed by atoms with Gasteiger partial charge in [0.25, 0.3) is 0 Å². The number of nitrogens with one attached hydrogen (secondary N) is 1. The molecule has 0 spiro atoms. The average molecular weight is 366 g/mol. The second kappa shape index (κ2) is 7.74. The van der Waals surface area contributed by atoms with Gasteiger partial charge in [0.2, 0.25) is 5.88 Å². The molecule has 0 bridgehead atoms. The minimum Gasteiger partial charge on any atom is -0.478 e. The molecule has 138 valence electrons. The summed E-state index contributed by atoms with van der Waals surface area (Å²) in [5, 5.41) is 15.8. The standard InChI is InChI=1S/C20H18N2O5/c1-12-17(15-10-6-7-11-16(15)19(23)24)18(27-22-12)21-20(25)26-13(2)14-8-4-3-5-9-14/h3-11,13H,1-2H3,(H,21,25)(H,23,24)/t13-/m0/s1. The number of carbonyl (C=O) groups is 2. The van der Waals surface area contributed by atoms with Crippen LogP contribution in [0, 0.1) is 6.92 Å². The number of hydrogen-bond donors (Lipinski definition) is 2. The molecule has 0 unspecified atom stereocenters. The summed E-state index contributed by atoms with van der Waals surface area (Å²) in [6.07, 6.45) is -1.19. The largest absolute Gasteiger partial charge is 0.478 e. The molecule has 0 aliphatic rings. The van der Waals surface area contributed by atoms with Crippen LogP contribution in [0.15, 0.2) is 59.1 Å². The SMILES string of the molecule is Cc1noc(NC(=O)O[C@@H](C)c2ccccc2)c1-c1ccccc1C(=O)O. The highest BCUT2D eigenvalue weighted by Gasteiger charge is 2.23. The first kappa shape index (κ1) is 18.2. The molecule has 0 aliphatic carbocycles. The molecule has 0 aliphatic heterocycles. The van der Waals surface area contributed by atoms with Crippen molar-refractivity contribution in [1.29, 1.82) is 0 Å². The lowest BCUT2D eigenvalue weighted by molar-refractivity contribution is 0.0697. The van der Waals surface area contributed by atoms with E-state index >= 15 is 0 Å². The number of hydrogen-bond acceptors (Lipinski definition) is 5. The zero-order valence-electron chi connectivity index (χ0n) is 14.8. The minimum absolute atomic E-state index is 0.0338. The van der Waals surface area contributed by atoms with Crippen LogP contribution in [0.3, 0.4) is 0 Å². The van der Waals surface area contributed by atoms with Crippen molar-refractivity contribution in [2.24, 2.45) is 0 Å². The van der Waals surface area contributed by atoms with Crippen molar-refractivity contribution in [3.63, 3.8) is 0 Å². The van der Waals surface area contributed by atoms with Crippen molar-refractivity contribution in [3.8, 4) is 11.1 Å². The topological polar surface area (TPSA) is 102 Å². The van der Waals surface area contributed by atoms with Crippen LogP contribution in [0.25, 0.3) is 11.1 Å². The average Bonchev–Trinajstić information content (AvgIpc) is 3.02. The maximum atomic E-state index is 12.3. The van der Waals surface area contributed by atoms with Gasteiger partial charge in [-0.25, -0.2) is 9.59 Å². The van der Waals surface area contributed by atoms with E-state index in [1.54, 1.807) is 32.0 Å². The number of aromatic nitrogens is 1. The molecule has 2 aromatic carbocycles. The summed E-state index contributed by atoms with van der Waals surface area (Å²) in [6.45, 7) is 3.42. The Morgan fingerprint density at radius 2 is 1.78 bits per heavy atom. The van der Waals surface area contributed by atoms with Gasteiger partial charge >= 0.3 is 12.1 Å². The van der Waals surface area contributed by atoms with Gasteiger partial charge in [-0.3, -0.25) is 5.32 Å². The molecule has 27 heavy (non-hydrogen) atoms. The molecule has 1 aromatic heterocycles. The number of ether oxygens (including phenoxy) is 1. The van der Waals surface area contributed by atoms with E-state index in [4.69, 9.17) is 9.26 Å². The van der Waals surface area contributed by atoms with Gasteiger partial charge in [-0.2, -0.15) is 0 Å². The predicted molar refractivity (Wildman–Crippen MR) is 98.6 cm³/mol. The molecule has 0 saturated heterocycles. The molecular weight excluding hydrogens is 348 g/mol. The fourth-order valence-electron chi connectivity index (χ4n) is 2.73. The number of amides is 1. The number of nitrogens with zero attached hydrogens (tertiary/aromatic N) is 1. The van der Waals surface area contributed by atoms with Crippen LogP contribution in [0.1, 0.15) is 34.6 Å². The van der Waals surface area contributed by atoms with Crippen molar-refractivity contribution in [3.05, 3.63) is 71.4 Å². The second-order valence-corrected chi connectivity index (χ2v) is 5.91. The van der Waals surface area contributed by atoms with Gasteiger partial charge in [0.05, 0.1) is 16.8 Å². The number of aromatic carboxylic acids is 1. The number of anilines is 1. The summed E-state index contributed by atoms with van der Waals surface area (Å²) in [4.78, 5) is 23.8. The summed E-state index contributed by atoms with van der Waals surface area (Å²) in [5.74, 6) is -1.05. The van der Waals surface area contributed by atoms with Crippen LogP contribution in [0.2, 0.25) is 0 Å². The minimum atomic E-state index is -1.09. The van der Waals surface area contributed by atoms with Gasteiger partial charge in [0.1, 0.15) is 6.10 Å². The van der Waals surface area contributed by atoms with Crippen molar-refractivity contribution >= 4 is 17.9 Å². The lowest BCUT2D eigenvalue weighted by Gasteiger charge is -2.14. The van der Waals surface area contributed by atoms with Gasteiger partial charge in [0, 0.05) is 5.56 Å². The lowest BCUT2D eigenvalue weighted by atomic mass is 10.00. The fraction of sp³-hybridized carbons (Fsp3) is 0.150. The third kappa shape index (κ3) is 3.98. The van der Waals surface area contributed by atoms with E-state index in [0.717, 1.165) is 5.56 Å². The lowest BCUT2D eigenvalue weighted by Crippen LogP contribution is -2.16. The number of aryl methyl sites for hydroxylation is 1. The highest BCUT2D eigenvalue weighted by Crippen LogP contribution is 2.34. The number of rotatable bonds is 5. The molecule has 0 saturated carbocycles. The number of benzene rings is 2. The smallest absolute Gasteiger partial charge is 0.414 e. The van der Waals surface area contributed by atoms with E-state index in [1.165, 1.54) is 6.07 Å². The van der Waals surface area contributed by atoms with Crippen LogP contribution in [0.5, 0.6) is 0 Å². The van der Waals surface area contributed by atoms with Crippen LogP contribution >= 0.6 is 0 Å². The van der Waals surface area contributed by atoms with E-state index in [-0.39, 0.29) is 11.4 Å². The van der Waals surface area contributed by atoms with Gasteiger partial charge in [-0.05, 0) is 25.5 Å². The Kier molecular flexibility index (Phi) is 5.21. The van der Waals surface area contributed by atoms with Crippen molar-refractivity contribution in [2.45, 2.75) is 20.0 Å². The van der Waals surface area contributed by atoms with Crippen molar-refractivity contribution in [1.82, 2.24) is 5.16 Å². The summed E-state index contributed by atoms with van der Waals surface area (Å²) in [7, 11) is 0. The zero-order valence-corrected chi connectivity index (χ0v) is 14.8. The Morgan fingerprint density at radius 1 is 1.11 bits per heavy atom. The zero-order chi connectivity index (χ0) is 19.4. The summed E-state index contributed by atoms with van der Waals surface area (Å²) >= 11 is 0. The molecule has 2 N–H and O–H groups in total. The first-order valence-electron chi connectivity index (χ1n) is 8.29. The highest BCUT2D eigenvalue weighted by atomic mass is 16.6. The first-order chi connectivity index (χ1) is 13.0. The van der Waals surface area contributed by atoms with Crippen molar-refractivity contribution in [2.75, 3.05) is 5.32 Å². The Morgan fingerprint density at radius 3 is 2.48 bits per heavy atom. The van der Waals surface area contributed by atoms with Crippen LogP contribution in [0.4, 0.5) is 10.7 Å². The second-order valence-electron chi connectivity index (χ2n) is 5.91. The fourth-order valence-corrected chi connectivity index (χ4v) is 2.73. The third-order valence-corrected chi connectivity index (χ3v) is 4.06. The molecular formula is C20H18N2O5. The quantitative estimate of drug-likeness (QED) is 0.681. The molecule has 1 amide bonds. The molecule has 0 radical (unpaired) electrons. The molecule has 3 aromatic rings. The number of carbonyl (C=O) groups excluding carboxylic acids is 1. The van der Waals surface area contributed by atoms with Crippen molar-refractivity contribution < 1.29 is 24.0 Å². The predicted octanol–water partition coefficient (Wildman–Crippen LogP) is 4.66. The van der Waals surface area contributed by atoms with Gasteiger partial charge in [-0.15, -0.1) is 0 Å². The Balaban J connectivity index is 1.83. The molecule has 1 atom stereocenters. The number of carboxylic acid groups (broad SMARTS) is 1. The monoisotopic (exact) mass is 366 g/mol. The van der Waals surface area contributed by atoms with Gasteiger partial charge < -0.3 is 14.4 Å². The maximum absolute atomic E-state index is 12.3. The molecule has 7 heteroatoms. The summed E-state index contributed by atoms with van der Waals surface area (Å²) in [5.41, 5.74) is 2.18. The third-order valence-electron chi connectivity index (χ3n) is 4.06. The maximum Gasteiger partial charge on any atom is 0.414 e. The van der Waals surface area contributed by atoms with Crippen LogP contribution in [-0.2, 0) is 4.74 Å². The molecule has 1 heterocycles.